The summed E-state index contributed by atoms with van der Waals surface area (Å²) in [6, 6.07) is 3.43. The van der Waals surface area contributed by atoms with Crippen molar-refractivity contribution >= 4 is 22.8 Å². The van der Waals surface area contributed by atoms with Crippen LogP contribution < -0.4 is 5.32 Å². The minimum absolute atomic E-state index is 0.0571. The van der Waals surface area contributed by atoms with E-state index in [1.807, 2.05) is 6.92 Å². The maximum Gasteiger partial charge on any atom is 0.326 e. The zero-order valence-electron chi connectivity index (χ0n) is 12.4. The maximum absolute atomic E-state index is 13.1. The van der Waals surface area contributed by atoms with Crippen LogP contribution in [0.5, 0.6) is 0 Å². The molecule has 5 nitrogen and oxygen atoms in total. The van der Waals surface area contributed by atoms with Gasteiger partial charge in [-0.25, -0.2) is 9.18 Å². The molecule has 2 aromatic rings. The van der Waals surface area contributed by atoms with E-state index in [4.69, 9.17) is 5.11 Å². The molecule has 0 aliphatic rings. The molecule has 2 rings (SSSR count). The third-order valence-corrected chi connectivity index (χ3v) is 3.56. The average Bonchev–Trinajstić information content (AvgIpc) is 2.85. The number of hydrogen-bond acceptors (Lipinski definition) is 2. The molecule has 0 saturated heterocycles. The number of carboxylic acids is 1. The summed E-state index contributed by atoms with van der Waals surface area (Å²) in [6.07, 6.45) is 3.72. The molecule has 0 aliphatic heterocycles. The zero-order chi connectivity index (χ0) is 16.1. The summed E-state index contributed by atoms with van der Waals surface area (Å²) in [6.45, 7) is 1.96. The lowest BCUT2D eigenvalue weighted by Gasteiger charge is -2.13. The zero-order valence-corrected chi connectivity index (χ0v) is 12.4. The van der Waals surface area contributed by atoms with Crippen LogP contribution in [0.15, 0.2) is 24.4 Å². The van der Waals surface area contributed by atoms with Gasteiger partial charge in [-0.05, 0) is 30.2 Å². The molecule has 118 valence electrons. The van der Waals surface area contributed by atoms with Gasteiger partial charge >= 0.3 is 5.97 Å². The van der Waals surface area contributed by atoms with Crippen LogP contribution in [0, 0.1) is 5.82 Å². The number of carboxylic acid groups (broad SMARTS) is 1. The van der Waals surface area contributed by atoms with Gasteiger partial charge in [0.25, 0.3) is 0 Å². The molecule has 0 fully saturated rings. The van der Waals surface area contributed by atoms with Gasteiger partial charge in [0.15, 0.2) is 0 Å². The Morgan fingerprint density at radius 3 is 2.86 bits per heavy atom. The number of aromatic amines is 1. The van der Waals surface area contributed by atoms with Crippen molar-refractivity contribution in [3.8, 4) is 0 Å². The molecule has 1 amide bonds. The van der Waals surface area contributed by atoms with Crippen molar-refractivity contribution in [3.63, 3.8) is 0 Å². The molecule has 1 aromatic carbocycles. The van der Waals surface area contributed by atoms with Crippen molar-refractivity contribution in [2.75, 3.05) is 0 Å². The predicted octanol–water partition coefficient (Wildman–Crippen LogP) is 2.61. The first-order valence-electron chi connectivity index (χ1n) is 7.29. The lowest BCUT2D eigenvalue weighted by molar-refractivity contribution is -0.141. The number of nitrogens with one attached hydrogen (secondary N) is 2. The summed E-state index contributed by atoms with van der Waals surface area (Å²) in [7, 11) is 0. The van der Waals surface area contributed by atoms with E-state index >= 15 is 0 Å². The van der Waals surface area contributed by atoms with Crippen LogP contribution in [-0.2, 0) is 16.0 Å². The van der Waals surface area contributed by atoms with E-state index in [2.05, 4.69) is 10.3 Å². The van der Waals surface area contributed by atoms with Crippen molar-refractivity contribution in [3.05, 3.63) is 35.8 Å². The number of rotatable bonds is 7. The van der Waals surface area contributed by atoms with E-state index in [1.165, 1.54) is 12.1 Å². The van der Waals surface area contributed by atoms with Gasteiger partial charge in [-0.2, -0.15) is 0 Å². The summed E-state index contributed by atoms with van der Waals surface area (Å²) >= 11 is 0. The number of carbonyl (C=O) groups is 2. The fourth-order valence-electron chi connectivity index (χ4n) is 2.39. The van der Waals surface area contributed by atoms with E-state index < -0.39 is 12.0 Å². The molecule has 1 aromatic heterocycles. The van der Waals surface area contributed by atoms with Crippen LogP contribution in [0.4, 0.5) is 4.39 Å². The molecule has 22 heavy (non-hydrogen) atoms. The molecule has 1 atom stereocenters. The van der Waals surface area contributed by atoms with Gasteiger partial charge in [-0.15, -0.1) is 0 Å². The highest BCUT2D eigenvalue weighted by atomic mass is 19.1. The van der Waals surface area contributed by atoms with Crippen LogP contribution in [0.25, 0.3) is 10.9 Å². The van der Waals surface area contributed by atoms with E-state index in [0.717, 1.165) is 18.2 Å². The number of benzene rings is 1. The number of H-pyrrole nitrogens is 1. The molecular weight excluding hydrogens is 287 g/mol. The van der Waals surface area contributed by atoms with Crippen molar-refractivity contribution in [2.24, 2.45) is 0 Å². The summed E-state index contributed by atoms with van der Waals surface area (Å²) in [5, 5.41) is 12.4. The lowest BCUT2D eigenvalue weighted by atomic mass is 10.1. The number of hydrogen-bond donors (Lipinski definition) is 3. The first-order chi connectivity index (χ1) is 10.5. The number of halogens is 1. The largest absolute Gasteiger partial charge is 0.480 e. The number of aliphatic carboxylic acids is 1. The quantitative estimate of drug-likeness (QED) is 0.735. The fraction of sp³-hybridized carbons (Fsp3) is 0.375. The van der Waals surface area contributed by atoms with Gasteiger partial charge in [-0.1, -0.05) is 19.8 Å². The molecule has 0 radical (unpaired) electrons. The smallest absolute Gasteiger partial charge is 0.326 e. The first-order valence-corrected chi connectivity index (χ1v) is 7.29. The fourth-order valence-corrected chi connectivity index (χ4v) is 2.39. The second kappa shape index (κ2) is 7.06. The van der Waals surface area contributed by atoms with Gasteiger partial charge in [-0.3, -0.25) is 4.79 Å². The monoisotopic (exact) mass is 306 g/mol. The van der Waals surface area contributed by atoms with E-state index in [9.17, 15) is 14.0 Å². The number of fused-ring (bicyclic) bond motifs is 1. The van der Waals surface area contributed by atoms with Gasteiger partial charge in [0, 0.05) is 17.1 Å². The van der Waals surface area contributed by atoms with E-state index in [0.29, 0.717) is 17.5 Å². The molecule has 0 saturated carbocycles. The topological polar surface area (TPSA) is 82.2 Å². The molecule has 6 heteroatoms. The van der Waals surface area contributed by atoms with Crippen LogP contribution in [0.2, 0.25) is 0 Å². The van der Waals surface area contributed by atoms with Gasteiger partial charge in [0.1, 0.15) is 11.9 Å². The summed E-state index contributed by atoms with van der Waals surface area (Å²) < 4.78 is 13.1. The molecule has 3 N–H and O–H groups in total. The predicted molar refractivity (Wildman–Crippen MR) is 81.1 cm³/mol. The summed E-state index contributed by atoms with van der Waals surface area (Å²) in [4.78, 5) is 26.1. The van der Waals surface area contributed by atoms with Crippen LogP contribution >= 0.6 is 0 Å². The highest BCUT2D eigenvalue weighted by Gasteiger charge is 2.19. The summed E-state index contributed by atoms with van der Waals surface area (Å²) in [5.41, 5.74) is 1.33. The Bertz CT molecular complexity index is 681. The Hall–Kier alpha value is -2.37. The van der Waals surface area contributed by atoms with Crippen LogP contribution in [-0.4, -0.2) is 28.0 Å². The minimum Gasteiger partial charge on any atom is -0.480 e. The third-order valence-electron chi connectivity index (χ3n) is 3.56. The Kier molecular flexibility index (Phi) is 5.14. The van der Waals surface area contributed by atoms with Crippen molar-refractivity contribution in [1.29, 1.82) is 0 Å². The Balaban J connectivity index is 2.05. The van der Waals surface area contributed by atoms with E-state index in [-0.39, 0.29) is 18.1 Å². The average molecular weight is 306 g/mol. The molecule has 1 heterocycles. The number of unbranched alkanes of at least 4 members (excludes halogenated alkanes) is 1. The van der Waals surface area contributed by atoms with Crippen molar-refractivity contribution in [1.82, 2.24) is 10.3 Å². The Morgan fingerprint density at radius 1 is 1.41 bits per heavy atom. The highest BCUT2D eigenvalue weighted by molar-refractivity contribution is 5.90. The highest BCUT2D eigenvalue weighted by Crippen LogP contribution is 2.19. The molecular formula is C16H19FN2O3. The second-order valence-electron chi connectivity index (χ2n) is 5.28. The Labute approximate surface area is 127 Å². The normalized spacial score (nSPS) is 12.3. The van der Waals surface area contributed by atoms with Crippen LogP contribution in [0.1, 0.15) is 31.7 Å². The molecule has 0 bridgehead atoms. The molecule has 0 aliphatic carbocycles. The third kappa shape index (κ3) is 3.84. The van der Waals surface area contributed by atoms with Crippen molar-refractivity contribution < 1.29 is 19.1 Å². The Morgan fingerprint density at radius 2 is 2.18 bits per heavy atom. The van der Waals surface area contributed by atoms with Crippen molar-refractivity contribution in [2.45, 2.75) is 38.6 Å². The van der Waals surface area contributed by atoms with Crippen LogP contribution in [0.3, 0.4) is 0 Å². The molecule has 0 unspecified atom stereocenters. The van der Waals surface area contributed by atoms with E-state index in [1.54, 1.807) is 12.3 Å². The van der Waals surface area contributed by atoms with Gasteiger partial charge in [0.05, 0.1) is 6.42 Å². The standard InChI is InChI=1S/C16H19FN2O3/c1-2-3-4-13(16(21)22)19-15(20)7-10-9-18-14-8-11(17)5-6-12(10)14/h5-6,8-9,13,18H,2-4,7H2,1H3,(H,19,20)(H,21,22)/t13-/m0/s1. The number of amides is 1. The first kappa shape index (κ1) is 16.0. The SMILES string of the molecule is CCCC[C@H](NC(=O)Cc1c[nH]c2cc(F)ccc12)C(=O)O. The van der Waals surface area contributed by atoms with Gasteiger partial charge in [0.2, 0.25) is 5.91 Å². The number of carbonyl (C=O) groups excluding carboxylic acids is 1. The lowest BCUT2D eigenvalue weighted by Crippen LogP contribution is -2.41. The maximum atomic E-state index is 13.1. The van der Waals surface area contributed by atoms with Gasteiger partial charge < -0.3 is 15.4 Å². The second-order valence-corrected chi connectivity index (χ2v) is 5.28. The summed E-state index contributed by atoms with van der Waals surface area (Å²) in [5.74, 6) is -1.73. The molecule has 0 spiro atoms. The number of aromatic nitrogens is 1. The minimum atomic E-state index is -1.03.